The Morgan fingerprint density at radius 2 is 2.29 bits per heavy atom. The second-order valence-corrected chi connectivity index (χ2v) is 5.56. The highest BCUT2D eigenvalue weighted by Crippen LogP contribution is 2.20. The van der Waals surface area contributed by atoms with Crippen LogP contribution in [-0.4, -0.2) is 44.3 Å². The fraction of sp³-hybridized carbons (Fsp3) is 0.562. The number of carbonyl (C=O) groups excluding carboxylic acids is 1. The van der Waals surface area contributed by atoms with E-state index in [4.69, 9.17) is 15.2 Å². The van der Waals surface area contributed by atoms with Crippen molar-refractivity contribution in [1.29, 1.82) is 0 Å². The molecule has 0 saturated carbocycles. The van der Waals surface area contributed by atoms with Crippen LogP contribution in [0.4, 0.5) is 5.69 Å². The molecule has 5 heteroatoms. The molecule has 0 aliphatic carbocycles. The highest BCUT2D eigenvalue weighted by atomic mass is 16.5. The van der Waals surface area contributed by atoms with Crippen LogP contribution in [-0.2, 0) is 16.0 Å². The Hall–Kier alpha value is -1.59. The van der Waals surface area contributed by atoms with Crippen LogP contribution < -0.4 is 5.73 Å². The molecule has 21 heavy (non-hydrogen) atoms. The van der Waals surface area contributed by atoms with Gasteiger partial charge in [-0.25, -0.2) is 4.79 Å². The van der Waals surface area contributed by atoms with Crippen molar-refractivity contribution in [2.24, 2.45) is 0 Å². The predicted octanol–water partition coefficient (Wildman–Crippen LogP) is 2.06. The van der Waals surface area contributed by atoms with Crippen molar-refractivity contribution in [2.75, 3.05) is 33.0 Å². The number of likely N-dealkylation sites (N-methyl/N-ethyl adjacent to an activating group) is 1. The highest BCUT2D eigenvalue weighted by Gasteiger charge is 2.19. The molecule has 0 radical (unpaired) electrons. The largest absolute Gasteiger partial charge is 0.465 e. The molecule has 0 bridgehead atoms. The number of ether oxygens (including phenoxy) is 2. The molecule has 0 spiro atoms. The lowest BCUT2D eigenvalue weighted by Crippen LogP contribution is -2.33. The molecule has 1 saturated heterocycles. The molecule has 1 fully saturated rings. The van der Waals surface area contributed by atoms with E-state index in [0.717, 1.165) is 31.6 Å². The number of esters is 1. The molecule has 1 heterocycles. The van der Waals surface area contributed by atoms with Gasteiger partial charge in [0.05, 0.1) is 18.8 Å². The summed E-state index contributed by atoms with van der Waals surface area (Å²) in [5, 5.41) is 0. The third-order valence-corrected chi connectivity index (χ3v) is 3.80. The van der Waals surface area contributed by atoms with Gasteiger partial charge in [0.25, 0.3) is 0 Å². The van der Waals surface area contributed by atoms with Gasteiger partial charge >= 0.3 is 5.97 Å². The van der Waals surface area contributed by atoms with Gasteiger partial charge in [-0.1, -0.05) is 12.1 Å². The first-order chi connectivity index (χ1) is 10.1. The normalized spacial score (nSPS) is 18.7. The minimum atomic E-state index is -0.384. The van der Waals surface area contributed by atoms with E-state index in [-0.39, 0.29) is 12.1 Å². The van der Waals surface area contributed by atoms with Gasteiger partial charge in [-0.3, -0.25) is 4.90 Å². The molecule has 1 aromatic carbocycles. The standard InChI is InChI=1S/C16H24N2O3/c1-18(11-13-7-3-4-9-21-13)10-12-6-5-8-14(17)15(12)16(19)20-2/h5-6,8,13H,3-4,7,9-11,17H2,1-2H3. The van der Waals surface area contributed by atoms with Crippen molar-refractivity contribution in [3.8, 4) is 0 Å². The molecule has 1 atom stereocenters. The SMILES string of the molecule is COC(=O)c1c(N)cccc1CN(C)CC1CCCCO1. The Labute approximate surface area is 126 Å². The van der Waals surface area contributed by atoms with Gasteiger partial charge in [0.2, 0.25) is 0 Å². The van der Waals surface area contributed by atoms with Crippen molar-refractivity contribution in [3.63, 3.8) is 0 Å². The van der Waals surface area contributed by atoms with E-state index in [9.17, 15) is 4.79 Å². The zero-order chi connectivity index (χ0) is 15.2. The molecule has 1 aliphatic heterocycles. The van der Waals surface area contributed by atoms with Crippen molar-refractivity contribution >= 4 is 11.7 Å². The average molecular weight is 292 g/mol. The van der Waals surface area contributed by atoms with E-state index in [1.54, 1.807) is 6.07 Å². The molecule has 5 nitrogen and oxygen atoms in total. The first-order valence-electron chi connectivity index (χ1n) is 7.37. The summed E-state index contributed by atoms with van der Waals surface area (Å²) in [5.41, 5.74) is 7.73. The lowest BCUT2D eigenvalue weighted by Gasteiger charge is -2.27. The van der Waals surface area contributed by atoms with Gasteiger partial charge in [0.1, 0.15) is 0 Å². The average Bonchev–Trinajstić information content (AvgIpc) is 2.47. The molecule has 1 aliphatic rings. The maximum absolute atomic E-state index is 11.9. The lowest BCUT2D eigenvalue weighted by molar-refractivity contribution is -0.00262. The number of nitrogen functional groups attached to an aromatic ring is 1. The molecule has 116 valence electrons. The summed E-state index contributed by atoms with van der Waals surface area (Å²) >= 11 is 0. The number of nitrogens with zero attached hydrogens (tertiary/aromatic N) is 1. The van der Waals surface area contributed by atoms with Crippen molar-refractivity contribution in [3.05, 3.63) is 29.3 Å². The third-order valence-electron chi connectivity index (χ3n) is 3.80. The second kappa shape index (κ2) is 7.43. The number of nitrogens with two attached hydrogens (primary N) is 1. The summed E-state index contributed by atoms with van der Waals surface area (Å²) in [4.78, 5) is 14.0. The fourth-order valence-corrected chi connectivity index (χ4v) is 2.76. The summed E-state index contributed by atoms with van der Waals surface area (Å²) in [5.74, 6) is -0.384. The van der Waals surface area contributed by atoms with E-state index >= 15 is 0 Å². The van der Waals surface area contributed by atoms with Gasteiger partial charge in [-0.05, 0) is 37.9 Å². The molecule has 2 rings (SSSR count). The summed E-state index contributed by atoms with van der Waals surface area (Å²) in [6.45, 7) is 2.36. The van der Waals surface area contributed by atoms with E-state index in [0.29, 0.717) is 17.8 Å². The Morgan fingerprint density at radius 1 is 1.48 bits per heavy atom. The molecule has 1 unspecified atom stereocenters. The quantitative estimate of drug-likeness (QED) is 0.664. The zero-order valence-electron chi connectivity index (χ0n) is 12.8. The van der Waals surface area contributed by atoms with Crippen LogP contribution in [0, 0.1) is 0 Å². The topological polar surface area (TPSA) is 64.8 Å². The van der Waals surface area contributed by atoms with Crippen LogP contribution in [0.15, 0.2) is 18.2 Å². The van der Waals surface area contributed by atoms with Crippen molar-refractivity contribution in [2.45, 2.75) is 31.9 Å². The molecule has 0 amide bonds. The van der Waals surface area contributed by atoms with Gasteiger partial charge in [-0.15, -0.1) is 0 Å². The monoisotopic (exact) mass is 292 g/mol. The minimum absolute atomic E-state index is 0.284. The smallest absolute Gasteiger partial charge is 0.340 e. The van der Waals surface area contributed by atoms with Crippen LogP contribution in [0.3, 0.4) is 0 Å². The molecule has 2 N–H and O–H groups in total. The van der Waals surface area contributed by atoms with Crippen LogP contribution in [0.5, 0.6) is 0 Å². The minimum Gasteiger partial charge on any atom is -0.465 e. The molecular weight excluding hydrogens is 268 g/mol. The number of anilines is 1. The molecular formula is C16H24N2O3. The number of rotatable bonds is 5. The van der Waals surface area contributed by atoms with Crippen LogP contribution in [0.1, 0.15) is 35.2 Å². The van der Waals surface area contributed by atoms with E-state index < -0.39 is 0 Å². The van der Waals surface area contributed by atoms with Crippen molar-refractivity contribution in [1.82, 2.24) is 4.90 Å². The molecule has 1 aromatic rings. The lowest BCUT2D eigenvalue weighted by atomic mass is 10.0. The molecule has 0 aromatic heterocycles. The number of carbonyl (C=O) groups is 1. The highest BCUT2D eigenvalue weighted by molar-refractivity contribution is 5.96. The van der Waals surface area contributed by atoms with Gasteiger partial charge in [-0.2, -0.15) is 0 Å². The Balaban J connectivity index is 2.04. The third kappa shape index (κ3) is 4.19. The summed E-state index contributed by atoms with van der Waals surface area (Å²) in [7, 11) is 3.40. The van der Waals surface area contributed by atoms with Crippen molar-refractivity contribution < 1.29 is 14.3 Å². The van der Waals surface area contributed by atoms with E-state index in [1.807, 2.05) is 19.2 Å². The number of benzene rings is 1. The first-order valence-corrected chi connectivity index (χ1v) is 7.37. The Morgan fingerprint density at radius 3 is 2.95 bits per heavy atom. The van der Waals surface area contributed by atoms with Crippen LogP contribution in [0.2, 0.25) is 0 Å². The number of hydrogen-bond donors (Lipinski definition) is 1. The van der Waals surface area contributed by atoms with E-state index in [1.165, 1.54) is 13.5 Å². The Kier molecular flexibility index (Phi) is 5.59. The number of hydrogen-bond acceptors (Lipinski definition) is 5. The Bertz CT molecular complexity index is 484. The van der Waals surface area contributed by atoms with E-state index in [2.05, 4.69) is 4.90 Å². The summed E-state index contributed by atoms with van der Waals surface area (Å²) in [6.07, 6.45) is 3.77. The number of methoxy groups -OCH3 is 1. The van der Waals surface area contributed by atoms with Gasteiger partial charge in [0, 0.05) is 25.4 Å². The maximum atomic E-state index is 11.9. The first kappa shape index (κ1) is 15.8. The van der Waals surface area contributed by atoms with Crippen LogP contribution in [0.25, 0.3) is 0 Å². The maximum Gasteiger partial charge on any atom is 0.340 e. The predicted molar refractivity (Wildman–Crippen MR) is 82.1 cm³/mol. The van der Waals surface area contributed by atoms with Gasteiger partial charge < -0.3 is 15.2 Å². The second-order valence-electron chi connectivity index (χ2n) is 5.56. The summed E-state index contributed by atoms with van der Waals surface area (Å²) in [6, 6.07) is 5.50. The summed E-state index contributed by atoms with van der Waals surface area (Å²) < 4.78 is 10.6. The zero-order valence-corrected chi connectivity index (χ0v) is 12.8. The van der Waals surface area contributed by atoms with Crippen LogP contribution >= 0.6 is 0 Å². The van der Waals surface area contributed by atoms with Gasteiger partial charge in [0.15, 0.2) is 0 Å². The fourth-order valence-electron chi connectivity index (χ4n) is 2.76.